The number of dihydropyridines is 1. The van der Waals surface area contributed by atoms with Gasteiger partial charge < -0.3 is 0 Å². The Bertz CT molecular complexity index is 292. The summed E-state index contributed by atoms with van der Waals surface area (Å²) in [7, 11) is 0. The lowest BCUT2D eigenvalue weighted by Crippen LogP contribution is -2.12. The van der Waals surface area contributed by atoms with Crippen LogP contribution in [-0.4, -0.2) is 11.8 Å². The Morgan fingerprint density at radius 3 is 2.92 bits per heavy atom. The molecule has 0 bridgehead atoms. The Labute approximate surface area is 80.6 Å². The summed E-state index contributed by atoms with van der Waals surface area (Å²) in [5.41, 5.74) is 3.59. The van der Waals surface area contributed by atoms with Crippen molar-refractivity contribution in [2.24, 2.45) is 4.99 Å². The molecule has 0 aliphatic carbocycles. The van der Waals surface area contributed by atoms with Crippen molar-refractivity contribution < 1.29 is 0 Å². The molecule has 0 saturated heterocycles. The summed E-state index contributed by atoms with van der Waals surface area (Å²) in [4.78, 5) is 4.54. The Kier molecular flexibility index (Phi) is 3.24. The zero-order chi connectivity index (χ0) is 9.84. The van der Waals surface area contributed by atoms with Crippen LogP contribution in [0.25, 0.3) is 0 Å². The Hall–Kier alpha value is -1.11. The molecule has 1 aliphatic rings. The van der Waals surface area contributed by atoms with Crippen LogP contribution in [0.5, 0.6) is 0 Å². The van der Waals surface area contributed by atoms with Gasteiger partial charge in [0.15, 0.2) is 0 Å². The van der Waals surface area contributed by atoms with Crippen LogP contribution in [0.1, 0.15) is 27.2 Å². The number of hydrogen-bond donors (Lipinski definition) is 0. The summed E-state index contributed by atoms with van der Waals surface area (Å²) in [6.07, 6.45) is 7.22. The van der Waals surface area contributed by atoms with Gasteiger partial charge in [-0.25, -0.2) is 0 Å². The maximum atomic E-state index is 4.54. The minimum Gasteiger partial charge on any atom is -0.282 e. The fourth-order valence-corrected chi connectivity index (χ4v) is 1.31. The van der Waals surface area contributed by atoms with Gasteiger partial charge in [0.2, 0.25) is 0 Å². The van der Waals surface area contributed by atoms with Crippen LogP contribution in [0, 0.1) is 0 Å². The second kappa shape index (κ2) is 4.22. The second-order valence-corrected chi connectivity index (χ2v) is 3.53. The lowest BCUT2D eigenvalue weighted by molar-refractivity contribution is 0.771. The average Bonchev–Trinajstić information content (AvgIpc) is 2.11. The molecular weight excluding hydrogens is 158 g/mol. The maximum Gasteiger partial charge on any atom is 0.0783 e. The van der Waals surface area contributed by atoms with Gasteiger partial charge in [0.1, 0.15) is 0 Å². The van der Waals surface area contributed by atoms with E-state index >= 15 is 0 Å². The summed E-state index contributed by atoms with van der Waals surface area (Å²) in [5, 5.41) is 0. The first kappa shape index (κ1) is 9.97. The van der Waals surface area contributed by atoms with Crippen LogP contribution in [0.4, 0.5) is 0 Å². The van der Waals surface area contributed by atoms with E-state index in [-0.39, 0.29) is 6.04 Å². The van der Waals surface area contributed by atoms with Crippen LogP contribution >= 0.6 is 0 Å². The molecule has 1 heterocycles. The SMILES string of the molecule is C=C1C=CC(C)=N[C@@H]1C/C(C)=C\C. The Balaban J connectivity index is 2.70. The molecule has 1 aliphatic heterocycles. The average molecular weight is 175 g/mol. The molecule has 0 amide bonds. The van der Waals surface area contributed by atoms with Crippen LogP contribution < -0.4 is 0 Å². The molecule has 0 fully saturated rings. The highest BCUT2D eigenvalue weighted by atomic mass is 14.8. The molecule has 0 spiro atoms. The van der Waals surface area contributed by atoms with Gasteiger partial charge >= 0.3 is 0 Å². The molecule has 1 atom stereocenters. The lowest BCUT2D eigenvalue weighted by atomic mass is 9.98. The second-order valence-electron chi connectivity index (χ2n) is 3.53. The highest BCUT2D eigenvalue weighted by Crippen LogP contribution is 2.19. The summed E-state index contributed by atoms with van der Waals surface area (Å²) >= 11 is 0. The first-order valence-corrected chi connectivity index (χ1v) is 4.66. The van der Waals surface area contributed by atoms with Crippen molar-refractivity contribution >= 4 is 5.71 Å². The Morgan fingerprint density at radius 1 is 1.62 bits per heavy atom. The van der Waals surface area contributed by atoms with E-state index in [1.165, 1.54) is 5.57 Å². The normalized spacial score (nSPS) is 23.3. The standard InChI is InChI=1S/C12H17N/c1-5-9(2)8-12-10(3)6-7-11(4)13-12/h5-7,12H,3,8H2,1-2,4H3/b9-5-/t12-/m1/s1. The maximum absolute atomic E-state index is 4.54. The minimum atomic E-state index is 0.265. The molecule has 13 heavy (non-hydrogen) atoms. The van der Waals surface area contributed by atoms with E-state index in [4.69, 9.17) is 0 Å². The number of allylic oxidation sites excluding steroid dienone is 2. The quantitative estimate of drug-likeness (QED) is 0.571. The molecule has 0 aromatic carbocycles. The predicted molar refractivity (Wildman–Crippen MR) is 59.2 cm³/mol. The first-order chi connectivity index (χ1) is 6.13. The van der Waals surface area contributed by atoms with Crippen LogP contribution in [0.3, 0.4) is 0 Å². The lowest BCUT2D eigenvalue weighted by Gasteiger charge is -2.17. The molecule has 0 aromatic rings. The topological polar surface area (TPSA) is 12.4 Å². The van der Waals surface area contributed by atoms with Gasteiger partial charge in [-0.3, -0.25) is 4.99 Å². The van der Waals surface area contributed by atoms with E-state index < -0.39 is 0 Å². The van der Waals surface area contributed by atoms with E-state index in [0.717, 1.165) is 17.7 Å². The highest BCUT2D eigenvalue weighted by molar-refractivity contribution is 5.94. The van der Waals surface area contributed by atoms with Gasteiger partial charge in [-0.1, -0.05) is 24.3 Å². The monoisotopic (exact) mass is 175 g/mol. The zero-order valence-corrected chi connectivity index (χ0v) is 8.67. The third-order valence-electron chi connectivity index (χ3n) is 2.33. The molecule has 0 unspecified atom stereocenters. The molecule has 70 valence electrons. The van der Waals surface area contributed by atoms with Crippen molar-refractivity contribution in [3.63, 3.8) is 0 Å². The fourth-order valence-electron chi connectivity index (χ4n) is 1.31. The molecule has 1 heteroatoms. The molecule has 1 rings (SSSR count). The summed E-state index contributed by atoms with van der Waals surface area (Å²) < 4.78 is 0. The van der Waals surface area contributed by atoms with E-state index in [1.54, 1.807) is 0 Å². The highest BCUT2D eigenvalue weighted by Gasteiger charge is 2.12. The van der Waals surface area contributed by atoms with E-state index in [9.17, 15) is 0 Å². The number of nitrogens with zero attached hydrogens (tertiary/aromatic N) is 1. The third-order valence-corrected chi connectivity index (χ3v) is 2.33. The fraction of sp³-hybridized carbons (Fsp3) is 0.417. The van der Waals surface area contributed by atoms with Crippen molar-refractivity contribution in [1.82, 2.24) is 0 Å². The summed E-state index contributed by atoms with van der Waals surface area (Å²) in [6, 6.07) is 0.265. The van der Waals surface area contributed by atoms with Crippen molar-refractivity contribution in [2.75, 3.05) is 0 Å². The van der Waals surface area contributed by atoms with Crippen LogP contribution in [0.15, 0.2) is 40.9 Å². The number of aliphatic imine (C=N–C) groups is 1. The van der Waals surface area contributed by atoms with Gasteiger partial charge in [-0.2, -0.15) is 0 Å². The van der Waals surface area contributed by atoms with Crippen molar-refractivity contribution in [2.45, 2.75) is 33.2 Å². The van der Waals surface area contributed by atoms with E-state index in [2.05, 4.69) is 37.6 Å². The summed E-state index contributed by atoms with van der Waals surface area (Å²) in [5.74, 6) is 0. The van der Waals surface area contributed by atoms with Gasteiger partial charge in [0, 0.05) is 5.71 Å². The first-order valence-electron chi connectivity index (χ1n) is 4.66. The van der Waals surface area contributed by atoms with Gasteiger partial charge in [0.25, 0.3) is 0 Å². The van der Waals surface area contributed by atoms with Crippen LogP contribution in [-0.2, 0) is 0 Å². The molecule has 1 nitrogen and oxygen atoms in total. The van der Waals surface area contributed by atoms with Gasteiger partial charge in [-0.15, -0.1) is 0 Å². The van der Waals surface area contributed by atoms with E-state index in [0.29, 0.717) is 0 Å². The number of hydrogen-bond acceptors (Lipinski definition) is 1. The molecule has 0 saturated carbocycles. The van der Waals surface area contributed by atoms with E-state index in [1.807, 2.05) is 13.0 Å². The molecular formula is C12H17N. The minimum absolute atomic E-state index is 0.265. The van der Waals surface area contributed by atoms with Gasteiger partial charge in [-0.05, 0) is 38.8 Å². The predicted octanol–water partition coefficient (Wildman–Crippen LogP) is 3.30. The molecule has 0 aromatic heterocycles. The summed E-state index contributed by atoms with van der Waals surface area (Å²) in [6.45, 7) is 10.2. The van der Waals surface area contributed by atoms with Crippen molar-refractivity contribution in [3.05, 3.63) is 36.0 Å². The van der Waals surface area contributed by atoms with Crippen molar-refractivity contribution in [1.29, 1.82) is 0 Å². The number of rotatable bonds is 2. The van der Waals surface area contributed by atoms with Gasteiger partial charge in [0.05, 0.1) is 6.04 Å². The van der Waals surface area contributed by atoms with Crippen LogP contribution in [0.2, 0.25) is 0 Å². The smallest absolute Gasteiger partial charge is 0.0783 e. The third kappa shape index (κ3) is 2.69. The van der Waals surface area contributed by atoms with Crippen molar-refractivity contribution in [3.8, 4) is 0 Å². The zero-order valence-electron chi connectivity index (χ0n) is 8.67. The largest absolute Gasteiger partial charge is 0.282 e. The molecule has 0 radical (unpaired) electrons. The Morgan fingerprint density at radius 2 is 2.31 bits per heavy atom. The molecule has 0 N–H and O–H groups in total.